The summed E-state index contributed by atoms with van der Waals surface area (Å²) in [5.41, 5.74) is 1.83. The van der Waals surface area contributed by atoms with Crippen LogP contribution in [0, 0.1) is 0 Å². The predicted molar refractivity (Wildman–Crippen MR) is 82.7 cm³/mol. The first kappa shape index (κ1) is 14.9. The third-order valence-electron chi connectivity index (χ3n) is 3.27. The third-order valence-corrected chi connectivity index (χ3v) is 3.27. The normalized spacial score (nSPS) is 11.5. The molecule has 0 bridgehead atoms. The van der Waals surface area contributed by atoms with Crippen molar-refractivity contribution in [2.45, 2.75) is 5.92 Å². The molecule has 2 aromatic carbocycles. The molecule has 2 aromatic rings. The largest absolute Gasteiger partial charge is 0.497 e. The Bertz CT molecular complexity index is 584. The van der Waals surface area contributed by atoms with Crippen LogP contribution in [0.4, 0.5) is 5.69 Å². The average Bonchev–Trinajstić information content (AvgIpc) is 2.56. The van der Waals surface area contributed by atoms with E-state index in [2.05, 4.69) is 5.32 Å². The van der Waals surface area contributed by atoms with Crippen molar-refractivity contribution in [3.05, 3.63) is 60.2 Å². The van der Waals surface area contributed by atoms with E-state index in [1.807, 2.05) is 54.6 Å². The first-order valence-electron chi connectivity index (χ1n) is 6.75. The average molecular weight is 285 g/mol. The number of esters is 1. The van der Waals surface area contributed by atoms with Crippen LogP contribution >= 0.6 is 0 Å². The molecule has 0 amide bonds. The van der Waals surface area contributed by atoms with Gasteiger partial charge in [-0.05, 0) is 17.7 Å². The van der Waals surface area contributed by atoms with Crippen LogP contribution in [0.25, 0.3) is 0 Å². The lowest BCUT2D eigenvalue weighted by molar-refractivity contribution is -0.142. The number of carbonyl (C=O) groups excluding carboxylic acids is 1. The van der Waals surface area contributed by atoms with Gasteiger partial charge in [-0.15, -0.1) is 0 Å². The van der Waals surface area contributed by atoms with Crippen molar-refractivity contribution < 1.29 is 14.3 Å². The zero-order valence-corrected chi connectivity index (χ0v) is 12.2. The van der Waals surface area contributed by atoms with Crippen LogP contribution in [-0.2, 0) is 9.53 Å². The molecule has 0 fully saturated rings. The van der Waals surface area contributed by atoms with E-state index < -0.39 is 0 Å². The predicted octanol–water partition coefficient (Wildman–Crippen LogP) is 3.06. The molecule has 1 N–H and O–H groups in total. The summed E-state index contributed by atoms with van der Waals surface area (Å²) >= 11 is 0. The van der Waals surface area contributed by atoms with Gasteiger partial charge in [0, 0.05) is 18.3 Å². The fourth-order valence-electron chi connectivity index (χ4n) is 2.12. The summed E-state index contributed by atoms with van der Waals surface area (Å²) in [5, 5.41) is 3.25. The first-order valence-corrected chi connectivity index (χ1v) is 6.75. The minimum Gasteiger partial charge on any atom is -0.497 e. The van der Waals surface area contributed by atoms with Gasteiger partial charge in [0.25, 0.3) is 0 Å². The summed E-state index contributed by atoms with van der Waals surface area (Å²) < 4.78 is 10.1. The van der Waals surface area contributed by atoms with E-state index in [0.717, 1.165) is 17.0 Å². The molecule has 1 unspecified atom stereocenters. The maximum Gasteiger partial charge on any atom is 0.314 e. The van der Waals surface area contributed by atoms with E-state index >= 15 is 0 Å². The molecule has 0 spiro atoms. The summed E-state index contributed by atoms with van der Waals surface area (Å²) in [5.74, 6) is 0.174. The van der Waals surface area contributed by atoms with Crippen LogP contribution in [-0.4, -0.2) is 26.7 Å². The summed E-state index contributed by atoms with van der Waals surface area (Å²) in [6.07, 6.45) is 0. The van der Waals surface area contributed by atoms with E-state index in [9.17, 15) is 4.79 Å². The van der Waals surface area contributed by atoms with Crippen LogP contribution in [0.1, 0.15) is 11.5 Å². The molecule has 2 rings (SSSR count). The Hall–Kier alpha value is -2.49. The molecule has 0 aliphatic carbocycles. The number of methoxy groups -OCH3 is 2. The van der Waals surface area contributed by atoms with Crippen LogP contribution < -0.4 is 10.1 Å². The second-order valence-electron chi connectivity index (χ2n) is 4.60. The molecule has 0 radical (unpaired) electrons. The highest BCUT2D eigenvalue weighted by Crippen LogP contribution is 2.21. The van der Waals surface area contributed by atoms with Gasteiger partial charge in [-0.3, -0.25) is 4.79 Å². The quantitative estimate of drug-likeness (QED) is 0.829. The van der Waals surface area contributed by atoms with E-state index in [1.165, 1.54) is 7.11 Å². The summed E-state index contributed by atoms with van der Waals surface area (Å²) in [6.45, 7) is 0.462. The maximum atomic E-state index is 12.0. The van der Waals surface area contributed by atoms with Gasteiger partial charge in [-0.1, -0.05) is 36.4 Å². The first-order chi connectivity index (χ1) is 10.2. The molecule has 0 aliphatic rings. The van der Waals surface area contributed by atoms with Crippen molar-refractivity contribution in [1.29, 1.82) is 0 Å². The second kappa shape index (κ2) is 7.33. The number of carbonyl (C=O) groups is 1. The third kappa shape index (κ3) is 3.99. The summed E-state index contributed by atoms with van der Waals surface area (Å²) in [6, 6.07) is 17.2. The fraction of sp³-hybridized carbons (Fsp3) is 0.235. The minimum absolute atomic E-state index is 0.253. The van der Waals surface area contributed by atoms with Gasteiger partial charge >= 0.3 is 5.97 Å². The van der Waals surface area contributed by atoms with Crippen LogP contribution in [0.5, 0.6) is 5.75 Å². The standard InChI is InChI=1S/C17H19NO3/c1-20-15-10-6-9-14(11-15)18-12-16(17(19)21-2)13-7-4-3-5-8-13/h3-11,16,18H,12H2,1-2H3. The Morgan fingerprint density at radius 2 is 1.86 bits per heavy atom. The number of rotatable bonds is 6. The molecule has 0 heterocycles. The summed E-state index contributed by atoms with van der Waals surface area (Å²) in [7, 11) is 3.03. The van der Waals surface area contributed by atoms with Crippen molar-refractivity contribution in [2.75, 3.05) is 26.1 Å². The Balaban J connectivity index is 2.11. The Morgan fingerprint density at radius 1 is 1.10 bits per heavy atom. The van der Waals surface area contributed by atoms with Gasteiger partial charge in [0.05, 0.1) is 20.1 Å². The monoisotopic (exact) mass is 285 g/mol. The molecule has 0 saturated heterocycles. The van der Waals surface area contributed by atoms with Crippen molar-refractivity contribution >= 4 is 11.7 Å². The van der Waals surface area contributed by atoms with Gasteiger partial charge in [-0.25, -0.2) is 0 Å². The van der Waals surface area contributed by atoms with E-state index in [4.69, 9.17) is 9.47 Å². The molecule has 1 atom stereocenters. The molecular formula is C17H19NO3. The van der Waals surface area contributed by atoms with Crippen LogP contribution in [0.15, 0.2) is 54.6 Å². The maximum absolute atomic E-state index is 12.0. The van der Waals surface area contributed by atoms with Gasteiger partial charge in [0.2, 0.25) is 0 Å². The topological polar surface area (TPSA) is 47.6 Å². The zero-order chi connectivity index (χ0) is 15.1. The van der Waals surface area contributed by atoms with Crippen molar-refractivity contribution in [3.8, 4) is 5.75 Å². The van der Waals surface area contributed by atoms with Gasteiger partial charge < -0.3 is 14.8 Å². The highest BCUT2D eigenvalue weighted by atomic mass is 16.5. The number of anilines is 1. The molecule has 0 saturated carbocycles. The van der Waals surface area contributed by atoms with Crippen molar-refractivity contribution in [2.24, 2.45) is 0 Å². The molecule has 4 heteroatoms. The number of hydrogen-bond donors (Lipinski definition) is 1. The van der Waals surface area contributed by atoms with Crippen LogP contribution in [0.2, 0.25) is 0 Å². The SMILES string of the molecule is COC(=O)C(CNc1cccc(OC)c1)c1ccccc1. The Kier molecular flexibility index (Phi) is 5.21. The molecule has 21 heavy (non-hydrogen) atoms. The molecular weight excluding hydrogens is 266 g/mol. The van der Waals surface area contributed by atoms with Crippen LogP contribution in [0.3, 0.4) is 0 Å². The number of nitrogens with one attached hydrogen (secondary N) is 1. The fourth-order valence-corrected chi connectivity index (χ4v) is 2.12. The number of hydrogen-bond acceptors (Lipinski definition) is 4. The molecule has 0 aromatic heterocycles. The highest BCUT2D eigenvalue weighted by molar-refractivity contribution is 5.78. The second-order valence-corrected chi connectivity index (χ2v) is 4.60. The summed E-state index contributed by atoms with van der Waals surface area (Å²) in [4.78, 5) is 12.0. The van der Waals surface area contributed by atoms with E-state index in [-0.39, 0.29) is 11.9 Å². The smallest absolute Gasteiger partial charge is 0.314 e. The lowest BCUT2D eigenvalue weighted by Gasteiger charge is -2.17. The molecule has 4 nitrogen and oxygen atoms in total. The number of ether oxygens (including phenoxy) is 2. The van der Waals surface area contributed by atoms with Gasteiger partial charge in [-0.2, -0.15) is 0 Å². The van der Waals surface area contributed by atoms with Gasteiger partial charge in [0.1, 0.15) is 5.75 Å². The van der Waals surface area contributed by atoms with Crippen molar-refractivity contribution in [3.63, 3.8) is 0 Å². The van der Waals surface area contributed by atoms with E-state index in [1.54, 1.807) is 7.11 Å². The zero-order valence-electron chi connectivity index (χ0n) is 12.2. The Morgan fingerprint density at radius 3 is 2.52 bits per heavy atom. The minimum atomic E-state index is -0.345. The van der Waals surface area contributed by atoms with Gasteiger partial charge in [0.15, 0.2) is 0 Å². The lowest BCUT2D eigenvalue weighted by Crippen LogP contribution is -2.22. The highest BCUT2D eigenvalue weighted by Gasteiger charge is 2.20. The Labute approximate surface area is 124 Å². The number of benzene rings is 2. The lowest BCUT2D eigenvalue weighted by atomic mass is 9.99. The molecule has 110 valence electrons. The molecule has 0 aliphatic heterocycles. The van der Waals surface area contributed by atoms with Crippen molar-refractivity contribution in [1.82, 2.24) is 0 Å². The van der Waals surface area contributed by atoms with E-state index in [0.29, 0.717) is 6.54 Å².